The number of hydrogen-bond donors (Lipinski definition) is 14. The average molecular weight is 1620 g/mol. The number of benzene rings is 4. The maximum absolute atomic E-state index is 11.7. The maximum Gasteiger partial charge on any atom is 0.347 e. The molecule has 21 N–H and O–H groups in total. The number of aromatic nitrogens is 9. The number of carbonyl (C=O) groups is 3. The normalized spacial score (nSPS) is 22.1. The Morgan fingerprint density at radius 2 is 0.991 bits per heavy atom. The lowest BCUT2D eigenvalue weighted by Crippen LogP contribution is -2.57. The van der Waals surface area contributed by atoms with E-state index in [9.17, 15) is 24.6 Å². The van der Waals surface area contributed by atoms with Gasteiger partial charge in [0, 0.05) is 75.7 Å². The molecule has 12 atom stereocenters. The summed E-state index contributed by atoms with van der Waals surface area (Å²) in [6.07, 6.45) is 13.6. The molecular weight excluding hydrogens is 1500 g/mol. The third-order valence-electron chi connectivity index (χ3n) is 21.5. The van der Waals surface area contributed by atoms with Gasteiger partial charge in [-0.1, -0.05) is 112 Å². The van der Waals surface area contributed by atoms with E-state index in [1.165, 1.54) is 23.4 Å². The maximum atomic E-state index is 11.7. The Kier molecular flexibility index (Phi) is 31.8. The van der Waals surface area contributed by atoms with E-state index in [4.69, 9.17) is 64.9 Å². The first-order chi connectivity index (χ1) is 54.3. The summed E-state index contributed by atoms with van der Waals surface area (Å²) in [5, 5.41) is 51.6. The zero-order valence-corrected chi connectivity index (χ0v) is 70.0. The number of azide groups is 2. The van der Waals surface area contributed by atoms with Crippen LogP contribution in [0.5, 0.6) is 6.01 Å². The third-order valence-corrected chi connectivity index (χ3v) is 30.5. The van der Waals surface area contributed by atoms with Gasteiger partial charge < -0.3 is 90.6 Å². The lowest BCUT2D eigenvalue weighted by molar-refractivity contribution is 0.0991. The molecular formula is C78H115N27O8Si2. The molecule has 4 saturated carbocycles. The number of hydrogen-bond acceptors (Lipinski definition) is 27. The molecule has 4 aromatic carbocycles. The van der Waals surface area contributed by atoms with Gasteiger partial charge in [-0.15, -0.1) is 5.10 Å². The molecule has 4 aliphatic rings. The predicted molar refractivity (Wildman–Crippen MR) is 453 cm³/mol. The molecule has 37 heteroatoms. The zero-order valence-electron chi connectivity index (χ0n) is 68.0. The Balaban J connectivity index is 0.000000182. The molecule has 4 fully saturated rings. The highest BCUT2D eigenvalue weighted by Gasteiger charge is 2.44. The van der Waals surface area contributed by atoms with Crippen molar-refractivity contribution in [1.29, 1.82) is 0 Å². The van der Waals surface area contributed by atoms with Crippen molar-refractivity contribution in [2.75, 3.05) is 26.6 Å². The monoisotopic (exact) mass is 1610 g/mol. The van der Waals surface area contributed by atoms with Crippen LogP contribution in [-0.4, -0.2) is 162 Å². The molecule has 0 bridgehead atoms. The van der Waals surface area contributed by atoms with Crippen LogP contribution < -0.4 is 71.6 Å². The number of aryl methyl sites for hydroxylation is 3. The van der Waals surface area contributed by atoms with Gasteiger partial charge in [-0.05, 0) is 209 Å². The molecule has 0 radical (unpaired) electrons. The molecule has 0 spiro atoms. The highest BCUT2D eigenvalue weighted by molar-refractivity contribution is 6.74. The fourth-order valence-corrected chi connectivity index (χ4v) is 15.7. The van der Waals surface area contributed by atoms with Crippen molar-refractivity contribution < 1.29 is 38.3 Å². The molecule has 35 nitrogen and oxygen atoms in total. The van der Waals surface area contributed by atoms with Crippen LogP contribution in [0, 0.1) is 20.8 Å². The minimum absolute atomic E-state index is 0.00851. The van der Waals surface area contributed by atoms with E-state index in [-0.39, 0.29) is 93.0 Å². The summed E-state index contributed by atoms with van der Waals surface area (Å²) < 4.78 is 12.7. The van der Waals surface area contributed by atoms with Crippen molar-refractivity contribution in [3.63, 3.8) is 0 Å². The molecule has 3 amide bonds. The van der Waals surface area contributed by atoms with E-state index in [1.54, 1.807) is 6.07 Å². The Bertz CT molecular complexity index is 4680. The van der Waals surface area contributed by atoms with E-state index >= 15 is 0 Å². The quantitative estimate of drug-likeness (QED) is 0.0137. The lowest BCUT2D eigenvalue weighted by atomic mass is 9.88. The van der Waals surface area contributed by atoms with Gasteiger partial charge in [-0.2, -0.15) is 15.0 Å². The molecule has 4 aromatic heterocycles. The molecule has 4 aliphatic carbocycles. The Labute approximate surface area is 673 Å². The van der Waals surface area contributed by atoms with Gasteiger partial charge in [-0.25, -0.2) is 15.0 Å². The zero-order chi connectivity index (χ0) is 84.1. The van der Waals surface area contributed by atoms with E-state index in [0.29, 0.717) is 41.5 Å². The number of nitrogens with one attached hydrogen (secondary N) is 5. The van der Waals surface area contributed by atoms with Crippen LogP contribution in [-0.2, 0) is 8.85 Å². The second-order valence-electron chi connectivity index (χ2n) is 32.5. The number of aliphatic hydroxyl groups is 2. The van der Waals surface area contributed by atoms with Gasteiger partial charge in [0.2, 0.25) is 11.9 Å². The van der Waals surface area contributed by atoms with E-state index < -0.39 is 58.6 Å². The Morgan fingerprint density at radius 3 is 1.50 bits per heavy atom. The van der Waals surface area contributed by atoms with Gasteiger partial charge in [0.1, 0.15) is 39.4 Å². The second kappa shape index (κ2) is 40.7. The Morgan fingerprint density at radius 1 is 0.539 bits per heavy atom. The SMILES string of the molecule is CC(C)(C)[Si](C)(C)O[C@H]1CCC[C@@H](N)[C@H]1N.CC(C)(C)[Si](C)(C)O[C@H]1CCC[C@@H](N=[N+]=[N-])[C@H]1N=[N+]=[N-].Cc1cccc(Nc2nc(N[C@@H]3CCC[C@H](O)[C@@H]3N)ncc2C(N)=O)c1.Cc1cccc(Nc2nc(N[C@@H]3[C@H](O)CCC[C@@H]3N)ncc2C(N)=O)c1.Cc1cccc(Nc2nc(On3nnc4ccccc43)ncc2C(N)=O)c1. The molecule has 4 heterocycles. The number of carbonyl (C=O) groups excluding carboxylic acids is 3. The molecule has 8 aromatic rings. The van der Waals surface area contributed by atoms with Crippen molar-refractivity contribution in [3.05, 3.63) is 170 Å². The van der Waals surface area contributed by atoms with Crippen molar-refractivity contribution in [1.82, 2.24) is 45.1 Å². The standard InChI is InChI=1S/C18H15N7O2.2C18H24N6O2.C12H24N6OSi.C12H28N2OSi/c1-11-5-4-6-12(9-11)21-17-13(16(19)26)10-20-18(22-17)27-25-15-8-3-2-7-14(15)23-24-25;1-10-4-2-5-11(8-10)22-17-12(16(20)26)9-21-18(24-17)23-13-6-3-7-14(25)15(13)19;1-10-4-2-5-11(8-10)22-17-12(16(20)26)9-21-18(24-17)23-15-13(19)6-3-7-14(15)25;1-12(2,3)20(4,5)19-10-8-6-7-9(15-17-13)11(10)16-18-14;1-12(2,3)16(4,5)15-10-8-6-7-9(13)11(10)14/h2-10H,1H3,(H2,19,26)(H,20,21,22);2*2,4-5,8-9,13-15,25H,3,6-7,19H2,1H3,(H2,20,26)(H2,21,22,23,24);9-11H,6-8H2,1-5H3;9-11H,6-8,13-14H2,1-5H3/t;2*13-,14+,15-;2*9-,10+,11-/m.1011/s1. The smallest absolute Gasteiger partial charge is 0.347 e. The van der Waals surface area contributed by atoms with Crippen molar-refractivity contribution >= 4 is 91.8 Å². The molecule has 0 saturated heterocycles. The van der Waals surface area contributed by atoms with E-state index in [0.717, 1.165) is 98.0 Å². The summed E-state index contributed by atoms with van der Waals surface area (Å²) >= 11 is 0. The molecule has 12 rings (SSSR count). The van der Waals surface area contributed by atoms with E-state index in [1.807, 2.05) is 112 Å². The number of aliphatic hydroxyl groups excluding tert-OH is 2. The summed E-state index contributed by atoms with van der Waals surface area (Å²) in [5.41, 5.74) is 65.4. The lowest BCUT2D eigenvalue weighted by Gasteiger charge is -2.43. The summed E-state index contributed by atoms with van der Waals surface area (Å²) in [6.45, 7) is 28.1. The van der Waals surface area contributed by atoms with Crippen molar-refractivity contribution in [3.8, 4) is 6.01 Å². The van der Waals surface area contributed by atoms with Crippen LogP contribution in [0.25, 0.3) is 31.9 Å². The fraction of sp³-hybridized carbons (Fsp3) is 0.500. The van der Waals surface area contributed by atoms with Crippen LogP contribution >= 0.6 is 0 Å². The first kappa shape index (κ1) is 90.0. The van der Waals surface area contributed by atoms with Gasteiger partial charge in [0.15, 0.2) is 22.5 Å². The highest BCUT2D eigenvalue weighted by atomic mass is 28.4. The summed E-state index contributed by atoms with van der Waals surface area (Å²) in [7, 11) is -3.63. The second-order valence-corrected chi connectivity index (χ2v) is 42.0. The average Bonchev–Trinajstić information content (AvgIpc) is 1.25. The van der Waals surface area contributed by atoms with Crippen LogP contribution in [0.15, 0.2) is 126 Å². The molecule has 0 unspecified atom stereocenters. The first-order valence-electron chi connectivity index (χ1n) is 38.7. The van der Waals surface area contributed by atoms with Gasteiger partial charge >= 0.3 is 6.01 Å². The molecule has 0 aliphatic heterocycles. The minimum atomic E-state index is -1.93. The summed E-state index contributed by atoms with van der Waals surface area (Å²) in [4.78, 5) is 73.1. The van der Waals surface area contributed by atoms with Crippen LogP contribution in [0.1, 0.15) is 166 Å². The van der Waals surface area contributed by atoms with E-state index in [2.05, 4.69) is 155 Å². The number of nitrogens with zero attached hydrogens (tertiary/aromatic N) is 15. The number of amides is 3. The van der Waals surface area contributed by atoms with Crippen LogP contribution in [0.3, 0.4) is 0 Å². The minimum Gasteiger partial charge on any atom is -0.414 e. The van der Waals surface area contributed by atoms with Gasteiger partial charge in [0.25, 0.3) is 17.7 Å². The van der Waals surface area contributed by atoms with Crippen molar-refractivity contribution in [2.24, 2.45) is 50.4 Å². The van der Waals surface area contributed by atoms with Gasteiger partial charge in [-0.3, -0.25) is 14.4 Å². The number of anilines is 8. The highest BCUT2D eigenvalue weighted by Crippen LogP contribution is 2.42. The largest absolute Gasteiger partial charge is 0.414 e. The van der Waals surface area contributed by atoms with Crippen molar-refractivity contribution in [2.45, 2.75) is 248 Å². The third kappa shape index (κ3) is 25.5. The topological polar surface area (TPSA) is 567 Å². The predicted octanol–water partition coefficient (Wildman–Crippen LogP) is 11.9. The summed E-state index contributed by atoms with van der Waals surface area (Å²) in [6, 6.07) is 28.7. The Hall–Kier alpha value is -10.5. The number of rotatable bonds is 21. The van der Waals surface area contributed by atoms with Crippen LogP contribution in [0.2, 0.25) is 36.3 Å². The molecule has 618 valence electrons. The number of nitrogens with two attached hydrogens (primary N) is 7. The van der Waals surface area contributed by atoms with Crippen LogP contribution in [0.4, 0.5) is 46.4 Å². The number of para-hydroxylation sites is 1. The first-order valence-corrected chi connectivity index (χ1v) is 44.5. The number of fused-ring (bicyclic) bond motifs is 1. The fourth-order valence-electron chi connectivity index (χ4n) is 12.9. The summed E-state index contributed by atoms with van der Waals surface area (Å²) in [5.74, 6) is -0.403. The molecule has 115 heavy (non-hydrogen) atoms. The van der Waals surface area contributed by atoms with Gasteiger partial charge in [0.05, 0.1) is 42.5 Å². The number of primary amides is 3.